The van der Waals surface area contributed by atoms with E-state index < -0.39 is 13.4 Å². The van der Waals surface area contributed by atoms with Crippen LogP contribution < -0.4 is 9.47 Å². The molecular formula is C30H35BF2O4. The Morgan fingerprint density at radius 1 is 0.919 bits per heavy atom. The Balaban J connectivity index is 1.84. The fourth-order valence-electron chi connectivity index (χ4n) is 4.17. The zero-order valence-electron chi connectivity index (χ0n) is 21.8. The molecule has 0 bridgehead atoms. The molecule has 0 N–H and O–H groups in total. The van der Waals surface area contributed by atoms with E-state index in [1.807, 2.05) is 60.7 Å². The van der Waals surface area contributed by atoms with Gasteiger partial charge in [-0.05, 0) is 73.2 Å². The van der Waals surface area contributed by atoms with Crippen molar-refractivity contribution >= 4 is 19.3 Å². The van der Waals surface area contributed by atoms with Crippen LogP contribution in [-0.2, 0) is 9.45 Å². The molecule has 2 aromatic carbocycles. The normalized spacial score (nSPS) is 15.5. The second-order valence-electron chi connectivity index (χ2n) is 9.06. The Kier molecular flexibility index (Phi) is 11.0. The Labute approximate surface area is 219 Å². The first kappa shape index (κ1) is 28.2. The summed E-state index contributed by atoms with van der Waals surface area (Å²) in [4.78, 5) is 12.6. The van der Waals surface area contributed by atoms with Gasteiger partial charge in [0.15, 0.2) is 5.78 Å². The number of allylic oxidation sites excluding steroid dienone is 4. The maximum atomic E-state index is 13.3. The minimum Gasteiger partial charge on any atom is -0.505 e. The number of rotatable bonds is 14. The van der Waals surface area contributed by atoms with E-state index in [1.54, 1.807) is 6.08 Å². The Hall–Kier alpha value is -3.35. The third-order valence-corrected chi connectivity index (χ3v) is 6.15. The summed E-state index contributed by atoms with van der Waals surface area (Å²) < 4.78 is 42.8. The summed E-state index contributed by atoms with van der Waals surface area (Å²) in [6.07, 6.45) is 9.91. The van der Waals surface area contributed by atoms with Crippen LogP contribution in [0.2, 0.25) is 0 Å². The molecule has 1 aliphatic carbocycles. The van der Waals surface area contributed by atoms with Gasteiger partial charge in [0.2, 0.25) is 0 Å². The van der Waals surface area contributed by atoms with Crippen LogP contribution in [-0.4, -0.2) is 26.5 Å². The van der Waals surface area contributed by atoms with Crippen LogP contribution in [0, 0.1) is 0 Å². The predicted octanol–water partition coefficient (Wildman–Crippen LogP) is 7.96. The van der Waals surface area contributed by atoms with Crippen molar-refractivity contribution in [3.05, 3.63) is 88.7 Å². The van der Waals surface area contributed by atoms with Crippen LogP contribution in [0.5, 0.6) is 11.5 Å². The van der Waals surface area contributed by atoms with Gasteiger partial charge in [0, 0.05) is 11.5 Å². The average Bonchev–Trinajstić information content (AvgIpc) is 2.88. The first-order chi connectivity index (χ1) is 17.9. The smallest absolute Gasteiger partial charge is 0.505 e. The van der Waals surface area contributed by atoms with Gasteiger partial charge in [-0.1, -0.05) is 63.1 Å². The summed E-state index contributed by atoms with van der Waals surface area (Å²) in [6, 6.07) is 15.2. The highest BCUT2D eigenvalue weighted by atomic mass is 19.2. The third kappa shape index (κ3) is 8.62. The van der Waals surface area contributed by atoms with Crippen molar-refractivity contribution in [2.75, 3.05) is 13.2 Å². The number of halogens is 2. The first-order valence-corrected chi connectivity index (χ1v) is 13.0. The van der Waals surface area contributed by atoms with E-state index in [-0.39, 0.29) is 17.1 Å². The van der Waals surface area contributed by atoms with Crippen molar-refractivity contribution < 1.29 is 27.6 Å². The Morgan fingerprint density at radius 2 is 1.49 bits per heavy atom. The van der Waals surface area contributed by atoms with Gasteiger partial charge in [-0.2, -0.15) is 0 Å². The van der Waals surface area contributed by atoms with E-state index in [0.29, 0.717) is 19.6 Å². The molecule has 1 aliphatic rings. The summed E-state index contributed by atoms with van der Waals surface area (Å²) in [7, 11) is -3.03. The Morgan fingerprint density at radius 3 is 2.00 bits per heavy atom. The summed E-state index contributed by atoms with van der Waals surface area (Å²) in [5, 5.41) is 0. The minimum absolute atomic E-state index is 0.0821. The fraction of sp³-hybridized carbons (Fsp3) is 0.367. The molecule has 0 saturated heterocycles. The second kappa shape index (κ2) is 14.4. The lowest BCUT2D eigenvalue weighted by Gasteiger charge is -2.27. The van der Waals surface area contributed by atoms with Gasteiger partial charge >= 0.3 is 7.47 Å². The van der Waals surface area contributed by atoms with Crippen molar-refractivity contribution in [2.24, 2.45) is 0 Å². The van der Waals surface area contributed by atoms with Crippen molar-refractivity contribution in [1.29, 1.82) is 0 Å². The fourth-order valence-corrected chi connectivity index (χ4v) is 4.17. The highest BCUT2D eigenvalue weighted by molar-refractivity contribution is 6.35. The first-order valence-electron chi connectivity index (χ1n) is 13.0. The number of hydrogen-bond acceptors (Lipinski definition) is 4. The summed E-state index contributed by atoms with van der Waals surface area (Å²) in [6.45, 7) is 6.92. The molecular weight excluding hydrogens is 473 g/mol. The number of ether oxygens (including phenoxy) is 2. The van der Waals surface area contributed by atoms with Crippen LogP contribution in [0.4, 0.5) is 8.63 Å². The van der Waals surface area contributed by atoms with E-state index in [4.69, 9.17) is 14.1 Å². The molecule has 0 saturated carbocycles. The second-order valence-corrected chi connectivity index (χ2v) is 9.06. The predicted molar refractivity (Wildman–Crippen MR) is 145 cm³/mol. The van der Waals surface area contributed by atoms with E-state index in [2.05, 4.69) is 13.8 Å². The highest BCUT2D eigenvalue weighted by Crippen LogP contribution is 2.39. The molecule has 1 atom stereocenters. The number of carbonyl (C=O) groups excluding carboxylic acids is 1. The van der Waals surface area contributed by atoms with Crippen LogP contribution >= 0.6 is 0 Å². The maximum absolute atomic E-state index is 13.3. The van der Waals surface area contributed by atoms with Crippen LogP contribution in [0.1, 0.15) is 69.9 Å². The van der Waals surface area contributed by atoms with E-state index >= 15 is 0 Å². The lowest BCUT2D eigenvalue weighted by atomic mass is 9.79. The molecule has 0 amide bonds. The van der Waals surface area contributed by atoms with Crippen molar-refractivity contribution in [3.63, 3.8) is 0 Å². The van der Waals surface area contributed by atoms with Crippen LogP contribution in [0.3, 0.4) is 0 Å². The van der Waals surface area contributed by atoms with E-state index in [9.17, 15) is 13.4 Å². The van der Waals surface area contributed by atoms with Crippen LogP contribution in [0.25, 0.3) is 6.08 Å². The van der Waals surface area contributed by atoms with Crippen molar-refractivity contribution in [2.45, 2.75) is 58.8 Å². The standard InChI is InChI=1S/C30H35BF2O4/c1-4-6-18-35-26-14-10-23(11-15-26)8-9-24-20-28(30(22(3)34)29(21-24)37-31(32)33)25-12-16-27(17-13-25)36-19-7-5-2/h8-17,21,28H,4-7,18-20H2,1-3H3/b9-8+/t28-/m1/s1. The van der Waals surface area contributed by atoms with Gasteiger partial charge in [0.1, 0.15) is 17.3 Å². The quantitative estimate of drug-likeness (QED) is 0.192. The van der Waals surface area contributed by atoms with Gasteiger partial charge in [0.05, 0.1) is 13.2 Å². The number of benzene rings is 2. The molecule has 0 unspecified atom stereocenters. The molecule has 0 spiro atoms. The lowest BCUT2D eigenvalue weighted by molar-refractivity contribution is -0.114. The molecule has 37 heavy (non-hydrogen) atoms. The molecule has 196 valence electrons. The molecule has 0 heterocycles. The van der Waals surface area contributed by atoms with E-state index in [1.165, 1.54) is 6.92 Å². The largest absolute Gasteiger partial charge is 0.796 e. The summed E-state index contributed by atoms with van der Waals surface area (Å²) in [5.41, 5.74) is 2.84. The molecule has 0 radical (unpaired) electrons. The molecule has 0 aromatic heterocycles. The molecule has 4 nitrogen and oxygen atoms in total. The van der Waals surface area contributed by atoms with Crippen molar-refractivity contribution in [1.82, 2.24) is 0 Å². The highest BCUT2D eigenvalue weighted by Gasteiger charge is 2.31. The molecule has 0 aliphatic heterocycles. The summed E-state index contributed by atoms with van der Waals surface area (Å²) in [5.74, 6) is 0.771. The van der Waals surface area contributed by atoms with Gasteiger partial charge in [0.25, 0.3) is 0 Å². The average molecular weight is 508 g/mol. The van der Waals surface area contributed by atoms with Gasteiger partial charge < -0.3 is 14.1 Å². The number of unbranched alkanes of at least 4 members (excludes halogenated alkanes) is 2. The van der Waals surface area contributed by atoms with Gasteiger partial charge in [-0.25, -0.2) is 8.63 Å². The molecule has 3 rings (SSSR count). The lowest BCUT2D eigenvalue weighted by Crippen LogP contribution is -2.19. The topological polar surface area (TPSA) is 44.8 Å². The number of Topliss-reactive ketones (excluding diaryl/α,β-unsaturated/α-hetero) is 1. The number of ketones is 1. The molecule has 0 fully saturated rings. The number of carbonyl (C=O) groups is 1. The third-order valence-electron chi connectivity index (χ3n) is 6.15. The van der Waals surface area contributed by atoms with Crippen LogP contribution in [0.15, 0.2) is 77.6 Å². The monoisotopic (exact) mass is 508 g/mol. The maximum Gasteiger partial charge on any atom is 0.796 e. The van der Waals surface area contributed by atoms with Gasteiger partial charge in [-0.15, -0.1) is 0 Å². The van der Waals surface area contributed by atoms with Crippen molar-refractivity contribution in [3.8, 4) is 11.5 Å². The zero-order chi connectivity index (χ0) is 26.6. The summed E-state index contributed by atoms with van der Waals surface area (Å²) >= 11 is 0. The van der Waals surface area contributed by atoms with E-state index in [0.717, 1.165) is 53.9 Å². The minimum atomic E-state index is -3.03. The molecule has 2 aromatic rings. The zero-order valence-corrected chi connectivity index (χ0v) is 21.8. The van der Waals surface area contributed by atoms with Gasteiger partial charge in [-0.3, -0.25) is 4.79 Å². The Bertz CT molecular complexity index is 1110. The molecule has 7 heteroatoms. The number of hydrogen-bond donors (Lipinski definition) is 0. The SMILES string of the molecule is CCCCOc1ccc(/C=C/C2=CC(OB(F)F)=C(C(C)=O)[C@@H](c3ccc(OCCCC)cc3)C2)cc1.